The van der Waals surface area contributed by atoms with Gasteiger partial charge in [0.2, 0.25) is 5.78 Å². The summed E-state index contributed by atoms with van der Waals surface area (Å²) in [4.78, 5) is 23.0. The zero-order chi connectivity index (χ0) is 19.5. The third-order valence-corrected chi connectivity index (χ3v) is 4.27. The van der Waals surface area contributed by atoms with Gasteiger partial charge in [-0.1, -0.05) is 42.5 Å². The first kappa shape index (κ1) is 17.5. The molecule has 28 heavy (non-hydrogen) atoms. The molecule has 3 aromatic carbocycles. The maximum absolute atomic E-state index is 12.5. The molecule has 0 atom stereocenters. The predicted molar refractivity (Wildman–Crippen MR) is 103 cm³/mol. The van der Waals surface area contributed by atoms with Gasteiger partial charge in [0.1, 0.15) is 18.1 Å². The van der Waals surface area contributed by atoms with Gasteiger partial charge in [0, 0.05) is 18.2 Å². The van der Waals surface area contributed by atoms with Gasteiger partial charge in [0.25, 0.3) is 5.69 Å². The number of carbonyl (C=O) groups is 1. The first-order chi connectivity index (χ1) is 13.6. The molecule has 0 unspecified atom stereocenters. The summed E-state index contributed by atoms with van der Waals surface area (Å²) in [6, 6.07) is 20.8. The summed E-state index contributed by atoms with van der Waals surface area (Å²) in [7, 11) is 0. The van der Waals surface area contributed by atoms with Crippen LogP contribution in [0.5, 0.6) is 11.5 Å². The minimum atomic E-state index is -0.482. The van der Waals surface area contributed by atoms with E-state index < -0.39 is 4.92 Å². The van der Waals surface area contributed by atoms with Crippen molar-refractivity contribution in [3.63, 3.8) is 0 Å². The van der Waals surface area contributed by atoms with E-state index in [0.717, 1.165) is 5.56 Å². The van der Waals surface area contributed by atoms with Crippen LogP contribution in [0.4, 0.5) is 5.69 Å². The number of ether oxygens (including phenoxy) is 2. The smallest absolute Gasteiger partial charge is 0.270 e. The Morgan fingerprint density at radius 3 is 2.61 bits per heavy atom. The van der Waals surface area contributed by atoms with E-state index in [4.69, 9.17) is 9.47 Å². The molecule has 1 aliphatic rings. The van der Waals surface area contributed by atoms with Gasteiger partial charge in [-0.05, 0) is 29.3 Å². The number of rotatable bonds is 5. The summed E-state index contributed by atoms with van der Waals surface area (Å²) in [5.41, 5.74) is 1.94. The number of non-ortho nitro benzene ring substituents is 1. The lowest BCUT2D eigenvalue weighted by Crippen LogP contribution is -1.98. The summed E-state index contributed by atoms with van der Waals surface area (Å²) in [6.07, 6.45) is 1.50. The molecule has 0 bridgehead atoms. The lowest BCUT2D eigenvalue weighted by atomic mass is 10.1. The Kier molecular flexibility index (Phi) is 4.60. The number of nitrogens with zero attached hydrogens (tertiary/aromatic N) is 1. The summed E-state index contributed by atoms with van der Waals surface area (Å²) in [6.45, 7) is 0.407. The number of ketones is 1. The topological polar surface area (TPSA) is 78.7 Å². The van der Waals surface area contributed by atoms with E-state index >= 15 is 0 Å². The molecule has 0 fully saturated rings. The van der Waals surface area contributed by atoms with E-state index in [-0.39, 0.29) is 17.2 Å². The molecule has 0 saturated heterocycles. The fourth-order valence-corrected chi connectivity index (χ4v) is 2.88. The average Bonchev–Trinajstić information content (AvgIpc) is 3.02. The van der Waals surface area contributed by atoms with E-state index in [9.17, 15) is 14.9 Å². The van der Waals surface area contributed by atoms with Crippen molar-refractivity contribution in [2.24, 2.45) is 0 Å². The fourth-order valence-electron chi connectivity index (χ4n) is 2.88. The molecule has 0 saturated carbocycles. The Bertz CT molecular complexity index is 1090. The van der Waals surface area contributed by atoms with Crippen LogP contribution in [0.2, 0.25) is 0 Å². The van der Waals surface area contributed by atoms with Crippen molar-refractivity contribution in [1.82, 2.24) is 0 Å². The van der Waals surface area contributed by atoms with Crippen LogP contribution >= 0.6 is 0 Å². The molecule has 1 aliphatic heterocycles. The van der Waals surface area contributed by atoms with E-state index in [0.29, 0.717) is 29.2 Å². The normalized spacial score (nSPS) is 13.9. The third kappa shape index (κ3) is 3.61. The van der Waals surface area contributed by atoms with Gasteiger partial charge in [-0.2, -0.15) is 0 Å². The molecule has 0 radical (unpaired) electrons. The summed E-state index contributed by atoms with van der Waals surface area (Å²) >= 11 is 0. The van der Waals surface area contributed by atoms with Crippen LogP contribution in [-0.2, 0) is 6.61 Å². The summed E-state index contributed by atoms with van der Waals surface area (Å²) in [5, 5.41) is 10.9. The maximum Gasteiger partial charge on any atom is 0.270 e. The lowest BCUT2D eigenvalue weighted by molar-refractivity contribution is -0.384. The molecule has 0 amide bonds. The first-order valence-electron chi connectivity index (χ1n) is 8.59. The molecular weight excluding hydrogens is 358 g/mol. The van der Waals surface area contributed by atoms with Crippen molar-refractivity contribution < 1.29 is 19.2 Å². The highest BCUT2D eigenvalue weighted by Gasteiger charge is 2.27. The van der Waals surface area contributed by atoms with Crippen LogP contribution in [-0.4, -0.2) is 10.7 Å². The van der Waals surface area contributed by atoms with Crippen molar-refractivity contribution in [2.75, 3.05) is 0 Å². The minimum Gasteiger partial charge on any atom is -0.489 e. The van der Waals surface area contributed by atoms with Crippen LogP contribution < -0.4 is 9.47 Å². The Morgan fingerprint density at radius 2 is 1.82 bits per heavy atom. The highest BCUT2D eigenvalue weighted by Crippen LogP contribution is 2.35. The second-order valence-corrected chi connectivity index (χ2v) is 6.22. The SMILES string of the molecule is O=C1/C(=C/c2cccc([N+](=O)[O-])c2)Oc2cc(OCc3ccccc3)ccc21. The van der Waals surface area contributed by atoms with Crippen molar-refractivity contribution in [3.05, 3.63) is 105 Å². The lowest BCUT2D eigenvalue weighted by Gasteiger charge is -2.07. The van der Waals surface area contributed by atoms with Gasteiger partial charge in [-0.15, -0.1) is 0 Å². The number of nitro groups is 1. The van der Waals surface area contributed by atoms with Crippen LogP contribution in [0.3, 0.4) is 0 Å². The maximum atomic E-state index is 12.5. The van der Waals surface area contributed by atoms with Crippen molar-refractivity contribution in [3.8, 4) is 11.5 Å². The number of carbonyl (C=O) groups excluding carboxylic acids is 1. The van der Waals surface area contributed by atoms with E-state index in [1.807, 2.05) is 30.3 Å². The van der Waals surface area contributed by atoms with Gasteiger partial charge in [0.15, 0.2) is 5.76 Å². The number of allylic oxidation sites excluding steroid dienone is 1. The Labute approximate surface area is 160 Å². The van der Waals surface area contributed by atoms with Crippen molar-refractivity contribution in [1.29, 1.82) is 0 Å². The van der Waals surface area contributed by atoms with E-state index in [2.05, 4.69) is 0 Å². The largest absolute Gasteiger partial charge is 0.489 e. The second kappa shape index (κ2) is 7.36. The molecular formula is C22H15NO5. The number of fused-ring (bicyclic) bond motifs is 1. The standard InChI is InChI=1S/C22H15NO5/c24-22-19-10-9-18(27-14-15-5-2-1-3-6-15)13-20(19)28-21(22)12-16-7-4-8-17(11-16)23(25)26/h1-13H,14H2/b21-12-. The molecule has 0 aliphatic carbocycles. The van der Waals surface area contributed by atoms with E-state index in [1.165, 1.54) is 18.2 Å². The van der Waals surface area contributed by atoms with Crippen LogP contribution in [0.1, 0.15) is 21.5 Å². The quantitative estimate of drug-likeness (QED) is 0.365. The number of hydrogen-bond donors (Lipinski definition) is 0. The summed E-state index contributed by atoms with van der Waals surface area (Å²) in [5.74, 6) is 0.853. The van der Waals surface area contributed by atoms with Crippen LogP contribution in [0.15, 0.2) is 78.6 Å². The van der Waals surface area contributed by atoms with Crippen LogP contribution in [0, 0.1) is 10.1 Å². The van der Waals surface area contributed by atoms with Gasteiger partial charge >= 0.3 is 0 Å². The average molecular weight is 373 g/mol. The highest BCUT2D eigenvalue weighted by atomic mass is 16.6. The molecule has 138 valence electrons. The highest BCUT2D eigenvalue weighted by molar-refractivity contribution is 6.14. The molecule has 3 aromatic rings. The zero-order valence-electron chi connectivity index (χ0n) is 14.7. The summed E-state index contributed by atoms with van der Waals surface area (Å²) < 4.78 is 11.4. The Balaban J connectivity index is 1.53. The minimum absolute atomic E-state index is 0.0473. The van der Waals surface area contributed by atoms with Gasteiger partial charge < -0.3 is 9.47 Å². The third-order valence-electron chi connectivity index (χ3n) is 4.27. The molecule has 6 nitrogen and oxygen atoms in total. The first-order valence-corrected chi connectivity index (χ1v) is 8.59. The molecule has 0 N–H and O–H groups in total. The Hall–Kier alpha value is -3.93. The number of hydrogen-bond acceptors (Lipinski definition) is 5. The van der Waals surface area contributed by atoms with Gasteiger partial charge in [-0.3, -0.25) is 14.9 Å². The van der Waals surface area contributed by atoms with E-state index in [1.54, 1.807) is 30.3 Å². The molecule has 1 heterocycles. The molecule has 6 heteroatoms. The molecule has 0 spiro atoms. The Morgan fingerprint density at radius 1 is 1.00 bits per heavy atom. The second-order valence-electron chi connectivity index (χ2n) is 6.22. The van der Waals surface area contributed by atoms with Gasteiger partial charge in [0.05, 0.1) is 10.5 Å². The van der Waals surface area contributed by atoms with Crippen molar-refractivity contribution >= 4 is 17.5 Å². The fraction of sp³-hybridized carbons (Fsp3) is 0.0455. The molecule has 0 aromatic heterocycles. The zero-order valence-corrected chi connectivity index (χ0v) is 14.7. The monoisotopic (exact) mass is 373 g/mol. The van der Waals surface area contributed by atoms with Crippen LogP contribution in [0.25, 0.3) is 6.08 Å². The van der Waals surface area contributed by atoms with Crippen molar-refractivity contribution in [2.45, 2.75) is 6.61 Å². The molecule has 4 rings (SSSR count). The van der Waals surface area contributed by atoms with Gasteiger partial charge in [-0.25, -0.2) is 0 Å². The number of Topliss-reactive ketones (excluding diaryl/α,β-unsaturated/α-hetero) is 1. The number of nitro benzene ring substituents is 1. The predicted octanol–water partition coefficient (Wildman–Crippen LogP) is 4.79. The number of benzene rings is 3.